The summed E-state index contributed by atoms with van der Waals surface area (Å²) in [4.78, 5) is 26.6. The first-order valence-corrected chi connectivity index (χ1v) is 10.1. The average molecular weight is 419 g/mol. The van der Waals surface area contributed by atoms with Gasteiger partial charge >= 0.3 is 0 Å². The Bertz CT molecular complexity index is 1150. The van der Waals surface area contributed by atoms with Gasteiger partial charge in [-0.1, -0.05) is 18.2 Å². The minimum atomic E-state index is -0.199. The lowest BCUT2D eigenvalue weighted by molar-refractivity contribution is -0.132. The summed E-state index contributed by atoms with van der Waals surface area (Å²) in [6, 6.07) is 13.8. The van der Waals surface area contributed by atoms with Crippen molar-refractivity contribution in [3.8, 4) is 11.5 Å². The molecule has 160 valence electrons. The van der Waals surface area contributed by atoms with Crippen LogP contribution in [0.1, 0.15) is 11.1 Å². The van der Waals surface area contributed by atoms with E-state index in [4.69, 9.17) is 9.47 Å². The van der Waals surface area contributed by atoms with E-state index >= 15 is 0 Å². The Morgan fingerprint density at radius 2 is 1.87 bits per heavy atom. The normalized spacial score (nSPS) is 13.1. The maximum absolute atomic E-state index is 12.7. The molecule has 7 nitrogen and oxygen atoms in total. The monoisotopic (exact) mass is 419 g/mol. The molecule has 1 aliphatic heterocycles. The summed E-state index contributed by atoms with van der Waals surface area (Å²) in [6.07, 6.45) is 5.67. The van der Waals surface area contributed by atoms with Crippen molar-refractivity contribution < 1.29 is 19.1 Å². The van der Waals surface area contributed by atoms with Gasteiger partial charge in [0, 0.05) is 31.0 Å². The second-order valence-corrected chi connectivity index (χ2v) is 7.34. The molecule has 1 aromatic heterocycles. The van der Waals surface area contributed by atoms with Gasteiger partial charge in [0.05, 0.1) is 20.6 Å². The van der Waals surface area contributed by atoms with Crippen LogP contribution in [-0.2, 0) is 22.6 Å². The summed E-state index contributed by atoms with van der Waals surface area (Å²) in [5, 5.41) is 4.07. The lowest BCUT2D eigenvalue weighted by Crippen LogP contribution is -2.39. The van der Waals surface area contributed by atoms with Gasteiger partial charge in [0.15, 0.2) is 11.5 Å². The summed E-state index contributed by atoms with van der Waals surface area (Å²) in [6.45, 7) is 1.12. The fourth-order valence-electron chi connectivity index (χ4n) is 3.77. The largest absolute Gasteiger partial charge is 0.493 e. The third kappa shape index (κ3) is 4.40. The molecule has 1 N–H and O–H groups in total. The van der Waals surface area contributed by atoms with Crippen molar-refractivity contribution in [3.05, 3.63) is 66.0 Å². The standard InChI is InChI=1S/C24H25N3O4/c1-30-21-13-18-8-11-27(24(29)15-19(18)14-22(21)31-2)16-23(28)25-9-12-26-10-7-17-5-3-4-6-20(17)26/h3-8,10-11,13-14H,9,12,15-16H2,1-2H3,(H,25,28). The van der Waals surface area contributed by atoms with E-state index in [1.54, 1.807) is 26.5 Å². The number of benzene rings is 2. The molecule has 0 saturated heterocycles. The van der Waals surface area contributed by atoms with E-state index in [1.165, 1.54) is 10.3 Å². The number of methoxy groups -OCH3 is 2. The molecule has 0 bridgehead atoms. The Labute approximate surface area is 180 Å². The first-order chi connectivity index (χ1) is 15.1. The van der Waals surface area contributed by atoms with Crippen LogP contribution in [0.2, 0.25) is 0 Å². The number of nitrogens with zero attached hydrogens (tertiary/aromatic N) is 2. The fraction of sp³-hybridized carbons (Fsp3) is 0.250. The number of ether oxygens (including phenoxy) is 2. The molecule has 0 aliphatic carbocycles. The molecule has 2 aromatic carbocycles. The third-order valence-corrected chi connectivity index (χ3v) is 5.41. The summed E-state index contributed by atoms with van der Waals surface area (Å²) in [5.41, 5.74) is 2.83. The second-order valence-electron chi connectivity index (χ2n) is 7.34. The van der Waals surface area contributed by atoms with Gasteiger partial charge in [0.1, 0.15) is 6.54 Å². The third-order valence-electron chi connectivity index (χ3n) is 5.41. The first-order valence-electron chi connectivity index (χ1n) is 10.1. The molecule has 0 radical (unpaired) electrons. The number of fused-ring (bicyclic) bond motifs is 2. The zero-order valence-electron chi connectivity index (χ0n) is 17.6. The molecule has 0 unspecified atom stereocenters. The summed E-state index contributed by atoms with van der Waals surface area (Å²) >= 11 is 0. The summed E-state index contributed by atoms with van der Waals surface area (Å²) < 4.78 is 12.8. The van der Waals surface area contributed by atoms with Crippen LogP contribution in [0.3, 0.4) is 0 Å². The predicted octanol–water partition coefficient (Wildman–Crippen LogP) is 2.83. The van der Waals surface area contributed by atoms with Gasteiger partial charge in [-0.15, -0.1) is 0 Å². The van der Waals surface area contributed by atoms with Crippen LogP contribution in [0.15, 0.2) is 54.9 Å². The topological polar surface area (TPSA) is 72.8 Å². The van der Waals surface area contributed by atoms with E-state index in [0.717, 1.165) is 16.6 Å². The van der Waals surface area contributed by atoms with Crippen LogP contribution in [0.5, 0.6) is 11.5 Å². The van der Waals surface area contributed by atoms with Gasteiger partial charge in [0.25, 0.3) is 0 Å². The highest BCUT2D eigenvalue weighted by Gasteiger charge is 2.21. The molecular formula is C24H25N3O4. The van der Waals surface area contributed by atoms with E-state index < -0.39 is 0 Å². The quantitative estimate of drug-likeness (QED) is 0.639. The number of rotatable bonds is 7. The minimum absolute atomic E-state index is 0.0238. The minimum Gasteiger partial charge on any atom is -0.493 e. The first kappa shape index (κ1) is 20.5. The van der Waals surface area contributed by atoms with Gasteiger partial charge in [-0.05, 0) is 46.9 Å². The van der Waals surface area contributed by atoms with Crippen molar-refractivity contribution in [2.75, 3.05) is 27.3 Å². The van der Waals surface area contributed by atoms with Gasteiger partial charge < -0.3 is 24.3 Å². The average Bonchev–Trinajstić information content (AvgIpc) is 3.13. The molecule has 0 saturated carbocycles. The maximum atomic E-state index is 12.7. The van der Waals surface area contributed by atoms with Crippen LogP contribution in [0, 0.1) is 0 Å². The van der Waals surface area contributed by atoms with Crippen molar-refractivity contribution in [2.24, 2.45) is 0 Å². The number of amides is 2. The zero-order chi connectivity index (χ0) is 21.8. The smallest absolute Gasteiger partial charge is 0.240 e. The van der Waals surface area contributed by atoms with E-state index in [-0.39, 0.29) is 24.8 Å². The molecule has 0 fully saturated rings. The molecule has 4 rings (SSSR count). The second kappa shape index (κ2) is 8.95. The number of nitrogens with one attached hydrogen (secondary N) is 1. The van der Waals surface area contributed by atoms with Gasteiger partial charge in [-0.2, -0.15) is 0 Å². The fourth-order valence-corrected chi connectivity index (χ4v) is 3.77. The predicted molar refractivity (Wildman–Crippen MR) is 119 cm³/mol. The molecule has 2 heterocycles. The lowest BCUT2D eigenvalue weighted by Gasteiger charge is -2.17. The number of carbonyl (C=O) groups excluding carboxylic acids is 2. The Kier molecular flexibility index (Phi) is 5.93. The Morgan fingerprint density at radius 1 is 1.10 bits per heavy atom. The van der Waals surface area contributed by atoms with Crippen LogP contribution < -0.4 is 14.8 Å². The maximum Gasteiger partial charge on any atom is 0.240 e. The van der Waals surface area contributed by atoms with Crippen LogP contribution in [-0.4, -0.2) is 48.6 Å². The number of hydrogen-bond acceptors (Lipinski definition) is 4. The van der Waals surface area contributed by atoms with Crippen LogP contribution in [0.25, 0.3) is 17.0 Å². The molecule has 0 spiro atoms. The van der Waals surface area contributed by atoms with Crippen LogP contribution in [0.4, 0.5) is 0 Å². The van der Waals surface area contributed by atoms with E-state index in [9.17, 15) is 9.59 Å². The summed E-state index contributed by atoms with van der Waals surface area (Å²) in [5.74, 6) is 0.831. The molecule has 0 atom stereocenters. The molecule has 31 heavy (non-hydrogen) atoms. The highest BCUT2D eigenvalue weighted by atomic mass is 16.5. The summed E-state index contributed by atoms with van der Waals surface area (Å²) in [7, 11) is 3.13. The van der Waals surface area contributed by atoms with E-state index in [2.05, 4.69) is 28.1 Å². The number of aromatic nitrogens is 1. The van der Waals surface area contributed by atoms with Crippen LogP contribution >= 0.6 is 0 Å². The molecule has 3 aromatic rings. The highest BCUT2D eigenvalue weighted by Crippen LogP contribution is 2.32. The SMILES string of the molecule is COc1cc2c(cc1OC)CC(=O)N(CC(=O)NCCn1ccc3ccccc31)C=C2. The molecule has 1 aliphatic rings. The lowest BCUT2D eigenvalue weighted by atomic mass is 10.0. The van der Waals surface area contributed by atoms with Crippen molar-refractivity contribution in [3.63, 3.8) is 0 Å². The van der Waals surface area contributed by atoms with Gasteiger partial charge in [-0.3, -0.25) is 9.59 Å². The highest BCUT2D eigenvalue weighted by molar-refractivity contribution is 5.89. The van der Waals surface area contributed by atoms with E-state index in [1.807, 2.05) is 30.5 Å². The Balaban J connectivity index is 1.36. The number of hydrogen-bond donors (Lipinski definition) is 1. The van der Waals surface area contributed by atoms with Crippen molar-refractivity contribution in [2.45, 2.75) is 13.0 Å². The van der Waals surface area contributed by atoms with Crippen molar-refractivity contribution in [1.29, 1.82) is 0 Å². The Morgan fingerprint density at radius 3 is 2.68 bits per heavy atom. The van der Waals surface area contributed by atoms with Crippen molar-refractivity contribution >= 4 is 28.8 Å². The number of carbonyl (C=O) groups is 2. The van der Waals surface area contributed by atoms with Gasteiger partial charge in [0.2, 0.25) is 11.8 Å². The molecule has 2 amide bonds. The van der Waals surface area contributed by atoms with Crippen molar-refractivity contribution in [1.82, 2.24) is 14.8 Å². The molecular weight excluding hydrogens is 394 g/mol. The van der Waals surface area contributed by atoms with E-state index in [0.29, 0.717) is 24.6 Å². The van der Waals surface area contributed by atoms with Gasteiger partial charge in [-0.25, -0.2) is 0 Å². The molecule has 7 heteroatoms. The zero-order valence-corrected chi connectivity index (χ0v) is 17.6. The Hall–Kier alpha value is -3.74. The number of para-hydroxylation sites is 1.